The summed E-state index contributed by atoms with van der Waals surface area (Å²) in [5.74, 6) is 0. The Morgan fingerprint density at radius 1 is 1.29 bits per heavy atom. The number of methoxy groups -OCH3 is 1. The molecule has 4 atom stereocenters. The zero-order valence-corrected chi connectivity index (χ0v) is 9.16. The number of ether oxygens (including phenoxy) is 2. The number of hydrogen-bond donors (Lipinski definition) is 1. The van der Waals surface area contributed by atoms with Crippen LogP contribution in [0, 0.1) is 0 Å². The first-order chi connectivity index (χ1) is 6.79. The molecule has 1 N–H and O–H groups in total. The molecule has 1 heterocycles. The van der Waals surface area contributed by atoms with E-state index in [1.165, 1.54) is 19.3 Å². The molecule has 4 unspecified atom stereocenters. The Kier molecular flexibility index (Phi) is 3.42. The summed E-state index contributed by atoms with van der Waals surface area (Å²) in [4.78, 5) is 0. The SMILES string of the molecule is COC1CCC(NC2CCOC2C)C1. The second-order valence-electron chi connectivity index (χ2n) is 4.51. The van der Waals surface area contributed by atoms with Gasteiger partial charge in [-0.25, -0.2) is 0 Å². The van der Waals surface area contributed by atoms with E-state index in [0.717, 1.165) is 13.0 Å². The average Bonchev–Trinajstić information content (AvgIpc) is 2.77. The molecule has 82 valence electrons. The van der Waals surface area contributed by atoms with Crippen molar-refractivity contribution in [2.45, 2.75) is 56.9 Å². The van der Waals surface area contributed by atoms with Crippen LogP contribution in [0.15, 0.2) is 0 Å². The van der Waals surface area contributed by atoms with Gasteiger partial charge in [-0.15, -0.1) is 0 Å². The standard InChI is InChI=1S/C11H21NO2/c1-8-11(5-6-14-8)12-9-3-4-10(7-9)13-2/h8-12H,3-7H2,1-2H3. The van der Waals surface area contributed by atoms with E-state index in [9.17, 15) is 0 Å². The molecule has 3 nitrogen and oxygen atoms in total. The van der Waals surface area contributed by atoms with Crippen LogP contribution in [0.1, 0.15) is 32.6 Å². The fourth-order valence-corrected chi connectivity index (χ4v) is 2.56. The lowest BCUT2D eigenvalue weighted by Crippen LogP contribution is -2.41. The molecule has 0 aromatic carbocycles. The molecule has 1 aliphatic heterocycles. The van der Waals surface area contributed by atoms with Gasteiger partial charge in [0.05, 0.1) is 12.2 Å². The van der Waals surface area contributed by atoms with Crippen LogP contribution in [0.25, 0.3) is 0 Å². The van der Waals surface area contributed by atoms with E-state index in [2.05, 4.69) is 12.2 Å². The van der Waals surface area contributed by atoms with Gasteiger partial charge < -0.3 is 14.8 Å². The van der Waals surface area contributed by atoms with E-state index in [4.69, 9.17) is 9.47 Å². The molecule has 0 spiro atoms. The Hall–Kier alpha value is -0.120. The fourth-order valence-electron chi connectivity index (χ4n) is 2.56. The molecule has 1 aliphatic carbocycles. The molecule has 0 aromatic heterocycles. The summed E-state index contributed by atoms with van der Waals surface area (Å²) in [5.41, 5.74) is 0. The highest BCUT2D eigenvalue weighted by atomic mass is 16.5. The second-order valence-corrected chi connectivity index (χ2v) is 4.51. The lowest BCUT2D eigenvalue weighted by atomic mass is 10.1. The van der Waals surface area contributed by atoms with Crippen LogP contribution in [-0.4, -0.2) is 38.0 Å². The lowest BCUT2D eigenvalue weighted by molar-refractivity contribution is 0.101. The normalized spacial score (nSPS) is 43.3. The van der Waals surface area contributed by atoms with Gasteiger partial charge in [0.15, 0.2) is 0 Å². The molecule has 0 amide bonds. The molecule has 14 heavy (non-hydrogen) atoms. The molecule has 2 rings (SSSR count). The van der Waals surface area contributed by atoms with E-state index in [1.54, 1.807) is 0 Å². The van der Waals surface area contributed by atoms with Crippen LogP contribution < -0.4 is 5.32 Å². The Bertz CT molecular complexity index is 186. The van der Waals surface area contributed by atoms with E-state index < -0.39 is 0 Å². The van der Waals surface area contributed by atoms with Crippen molar-refractivity contribution in [3.05, 3.63) is 0 Å². The van der Waals surface area contributed by atoms with Gasteiger partial charge >= 0.3 is 0 Å². The molecule has 0 radical (unpaired) electrons. The zero-order valence-electron chi connectivity index (χ0n) is 9.16. The lowest BCUT2D eigenvalue weighted by Gasteiger charge is -2.21. The number of hydrogen-bond acceptors (Lipinski definition) is 3. The molecule has 0 aromatic rings. The van der Waals surface area contributed by atoms with Crippen molar-refractivity contribution in [3.63, 3.8) is 0 Å². The van der Waals surface area contributed by atoms with Crippen molar-refractivity contribution < 1.29 is 9.47 Å². The Labute approximate surface area is 86.2 Å². The van der Waals surface area contributed by atoms with Gasteiger partial charge in [0.25, 0.3) is 0 Å². The molecule has 1 saturated heterocycles. The van der Waals surface area contributed by atoms with E-state index in [-0.39, 0.29) is 0 Å². The third kappa shape index (κ3) is 2.27. The zero-order chi connectivity index (χ0) is 9.97. The summed E-state index contributed by atoms with van der Waals surface area (Å²) in [6, 6.07) is 1.21. The largest absolute Gasteiger partial charge is 0.381 e. The maximum Gasteiger partial charge on any atom is 0.0700 e. The van der Waals surface area contributed by atoms with Crippen molar-refractivity contribution >= 4 is 0 Å². The molecule has 2 aliphatic rings. The highest BCUT2D eigenvalue weighted by Crippen LogP contribution is 2.23. The van der Waals surface area contributed by atoms with Crippen LogP contribution in [-0.2, 0) is 9.47 Å². The van der Waals surface area contributed by atoms with E-state index in [0.29, 0.717) is 24.3 Å². The molecule has 2 fully saturated rings. The monoisotopic (exact) mass is 199 g/mol. The van der Waals surface area contributed by atoms with Gasteiger partial charge in [0.1, 0.15) is 0 Å². The Morgan fingerprint density at radius 3 is 2.71 bits per heavy atom. The summed E-state index contributed by atoms with van der Waals surface area (Å²) in [7, 11) is 1.81. The van der Waals surface area contributed by atoms with Gasteiger partial charge in [-0.3, -0.25) is 0 Å². The summed E-state index contributed by atoms with van der Waals surface area (Å²) in [6.45, 7) is 3.08. The second kappa shape index (κ2) is 4.60. The number of rotatable bonds is 3. The van der Waals surface area contributed by atoms with Gasteiger partial charge in [0.2, 0.25) is 0 Å². The predicted octanol–water partition coefficient (Wildman–Crippen LogP) is 1.32. The van der Waals surface area contributed by atoms with E-state index in [1.807, 2.05) is 7.11 Å². The van der Waals surface area contributed by atoms with Crippen molar-refractivity contribution in [2.24, 2.45) is 0 Å². The van der Waals surface area contributed by atoms with Gasteiger partial charge in [-0.2, -0.15) is 0 Å². The minimum atomic E-state index is 0.386. The smallest absolute Gasteiger partial charge is 0.0700 e. The third-order valence-corrected chi connectivity index (χ3v) is 3.54. The predicted molar refractivity (Wildman–Crippen MR) is 55.4 cm³/mol. The highest BCUT2D eigenvalue weighted by Gasteiger charge is 2.30. The molecular weight excluding hydrogens is 178 g/mol. The molecule has 0 bridgehead atoms. The Balaban J connectivity index is 1.75. The van der Waals surface area contributed by atoms with Crippen molar-refractivity contribution in [3.8, 4) is 0 Å². The van der Waals surface area contributed by atoms with Gasteiger partial charge in [-0.1, -0.05) is 0 Å². The molecule has 1 saturated carbocycles. The summed E-state index contributed by atoms with van der Waals surface area (Å²) in [5, 5.41) is 3.69. The number of nitrogens with one attached hydrogen (secondary N) is 1. The van der Waals surface area contributed by atoms with Gasteiger partial charge in [0, 0.05) is 25.8 Å². The minimum absolute atomic E-state index is 0.386. The summed E-state index contributed by atoms with van der Waals surface area (Å²) >= 11 is 0. The maximum absolute atomic E-state index is 5.54. The van der Waals surface area contributed by atoms with Crippen LogP contribution in [0.2, 0.25) is 0 Å². The minimum Gasteiger partial charge on any atom is -0.381 e. The summed E-state index contributed by atoms with van der Waals surface area (Å²) < 4.78 is 10.9. The van der Waals surface area contributed by atoms with Crippen LogP contribution in [0.3, 0.4) is 0 Å². The summed E-state index contributed by atoms with van der Waals surface area (Å²) in [6.07, 6.45) is 5.65. The molecule has 3 heteroatoms. The quantitative estimate of drug-likeness (QED) is 0.743. The van der Waals surface area contributed by atoms with Crippen LogP contribution in [0.4, 0.5) is 0 Å². The van der Waals surface area contributed by atoms with Gasteiger partial charge in [-0.05, 0) is 32.6 Å². The van der Waals surface area contributed by atoms with Crippen molar-refractivity contribution in [2.75, 3.05) is 13.7 Å². The Morgan fingerprint density at radius 2 is 2.14 bits per heavy atom. The average molecular weight is 199 g/mol. The first kappa shape index (κ1) is 10.4. The van der Waals surface area contributed by atoms with Crippen molar-refractivity contribution in [1.82, 2.24) is 5.32 Å². The topological polar surface area (TPSA) is 30.5 Å². The van der Waals surface area contributed by atoms with E-state index >= 15 is 0 Å². The highest BCUT2D eigenvalue weighted by molar-refractivity contribution is 4.87. The third-order valence-electron chi connectivity index (χ3n) is 3.54. The van der Waals surface area contributed by atoms with Crippen LogP contribution >= 0.6 is 0 Å². The van der Waals surface area contributed by atoms with Crippen LogP contribution in [0.5, 0.6) is 0 Å². The first-order valence-electron chi connectivity index (χ1n) is 5.70. The maximum atomic E-state index is 5.54. The first-order valence-corrected chi connectivity index (χ1v) is 5.70. The molecular formula is C11H21NO2. The fraction of sp³-hybridized carbons (Fsp3) is 1.00. The van der Waals surface area contributed by atoms with Crippen molar-refractivity contribution in [1.29, 1.82) is 0 Å².